The molecule has 0 aromatic heterocycles. The second kappa shape index (κ2) is 8.53. The molecule has 4 nitrogen and oxygen atoms in total. The molecule has 0 heterocycles. The van der Waals surface area contributed by atoms with Gasteiger partial charge in [-0.3, -0.25) is 9.69 Å². The first-order valence-corrected chi connectivity index (χ1v) is 6.43. The zero-order valence-corrected chi connectivity index (χ0v) is 11.2. The third-order valence-corrected chi connectivity index (χ3v) is 2.61. The van der Waals surface area contributed by atoms with Crippen molar-refractivity contribution in [2.24, 2.45) is 0 Å². The Hall–Kier alpha value is -1.55. The Kier molecular flexibility index (Phi) is 6.87. The second-order valence-corrected chi connectivity index (χ2v) is 3.98. The Balaban J connectivity index is 2.25. The van der Waals surface area contributed by atoms with Crippen LogP contribution in [-0.4, -0.2) is 43.6 Å². The summed E-state index contributed by atoms with van der Waals surface area (Å²) in [7, 11) is 0. The van der Waals surface area contributed by atoms with Crippen LogP contribution in [0.3, 0.4) is 0 Å². The van der Waals surface area contributed by atoms with E-state index in [0.29, 0.717) is 19.7 Å². The van der Waals surface area contributed by atoms with E-state index in [9.17, 15) is 4.79 Å². The summed E-state index contributed by atoms with van der Waals surface area (Å²) < 4.78 is 5.61. The van der Waals surface area contributed by atoms with Gasteiger partial charge < -0.3 is 10.1 Å². The molecule has 0 aliphatic rings. The molecule has 1 aromatic rings. The number of hydrogen-bond acceptors (Lipinski definition) is 3. The topological polar surface area (TPSA) is 41.6 Å². The first-order valence-electron chi connectivity index (χ1n) is 6.43. The summed E-state index contributed by atoms with van der Waals surface area (Å²) in [6, 6.07) is 9.71. The summed E-state index contributed by atoms with van der Waals surface area (Å²) in [5.74, 6) is 0.936. The number of carbonyl (C=O) groups is 1. The summed E-state index contributed by atoms with van der Waals surface area (Å²) in [6.45, 7) is 7.27. The van der Waals surface area contributed by atoms with Crippen LogP contribution in [0.15, 0.2) is 30.3 Å². The van der Waals surface area contributed by atoms with Gasteiger partial charge in [0.2, 0.25) is 5.91 Å². The lowest BCUT2D eigenvalue weighted by molar-refractivity contribution is -0.122. The van der Waals surface area contributed by atoms with E-state index >= 15 is 0 Å². The van der Waals surface area contributed by atoms with Crippen LogP contribution in [0.5, 0.6) is 5.75 Å². The highest BCUT2D eigenvalue weighted by Gasteiger charge is 2.07. The van der Waals surface area contributed by atoms with Crippen LogP contribution < -0.4 is 10.1 Å². The highest BCUT2D eigenvalue weighted by atomic mass is 16.5. The quantitative estimate of drug-likeness (QED) is 0.760. The largest absolute Gasteiger partial charge is 0.492 e. The van der Waals surface area contributed by atoms with E-state index in [1.165, 1.54) is 0 Å². The number of nitrogens with zero attached hydrogens (tertiary/aromatic N) is 1. The molecule has 1 amide bonds. The van der Waals surface area contributed by atoms with Gasteiger partial charge in [0.05, 0.1) is 6.54 Å². The van der Waals surface area contributed by atoms with E-state index in [1.807, 2.05) is 44.2 Å². The molecule has 1 N–H and O–H groups in total. The number of carbonyl (C=O) groups excluding carboxylic acids is 1. The average molecular weight is 250 g/mol. The number of benzene rings is 1. The van der Waals surface area contributed by atoms with Crippen LogP contribution in [0, 0.1) is 0 Å². The third kappa shape index (κ3) is 5.68. The molecule has 0 aliphatic heterocycles. The van der Waals surface area contributed by atoms with Gasteiger partial charge in [-0.2, -0.15) is 0 Å². The molecule has 4 heteroatoms. The summed E-state index contributed by atoms with van der Waals surface area (Å²) in [5.41, 5.74) is 0. The minimum Gasteiger partial charge on any atom is -0.492 e. The van der Waals surface area contributed by atoms with Crippen molar-refractivity contribution in [2.75, 3.05) is 32.8 Å². The molecule has 0 spiro atoms. The van der Waals surface area contributed by atoms with E-state index in [4.69, 9.17) is 4.74 Å². The van der Waals surface area contributed by atoms with E-state index in [0.717, 1.165) is 18.8 Å². The van der Waals surface area contributed by atoms with Gasteiger partial charge >= 0.3 is 0 Å². The van der Waals surface area contributed by atoms with Crippen molar-refractivity contribution in [1.82, 2.24) is 10.2 Å². The molecule has 0 fully saturated rings. The molecule has 0 aliphatic carbocycles. The number of likely N-dealkylation sites (N-methyl/N-ethyl adjacent to an activating group) is 2. The van der Waals surface area contributed by atoms with Crippen LogP contribution in [0.25, 0.3) is 0 Å². The third-order valence-electron chi connectivity index (χ3n) is 2.61. The Bertz CT molecular complexity index is 341. The molecular formula is C14H22N2O2. The summed E-state index contributed by atoms with van der Waals surface area (Å²) in [6.07, 6.45) is 0. The fourth-order valence-corrected chi connectivity index (χ4v) is 1.61. The molecule has 0 saturated heterocycles. The zero-order valence-electron chi connectivity index (χ0n) is 11.2. The molecule has 0 saturated carbocycles. The molecule has 0 atom stereocenters. The molecule has 0 unspecified atom stereocenters. The van der Waals surface area contributed by atoms with Crippen LogP contribution in [0.4, 0.5) is 0 Å². The highest BCUT2D eigenvalue weighted by molar-refractivity contribution is 5.77. The Morgan fingerprint density at radius 1 is 1.28 bits per heavy atom. The van der Waals surface area contributed by atoms with Crippen LogP contribution >= 0.6 is 0 Å². The van der Waals surface area contributed by atoms with E-state index in [2.05, 4.69) is 10.2 Å². The van der Waals surface area contributed by atoms with Crippen molar-refractivity contribution in [1.29, 1.82) is 0 Å². The van der Waals surface area contributed by atoms with E-state index in [-0.39, 0.29) is 5.91 Å². The first-order chi connectivity index (χ1) is 8.76. The van der Waals surface area contributed by atoms with Gasteiger partial charge in [0.15, 0.2) is 0 Å². The predicted octanol–water partition coefficient (Wildman–Crippen LogP) is 1.52. The average Bonchev–Trinajstić information content (AvgIpc) is 2.39. The predicted molar refractivity (Wildman–Crippen MR) is 72.7 cm³/mol. The number of para-hydroxylation sites is 1. The van der Waals surface area contributed by atoms with Crippen molar-refractivity contribution in [3.05, 3.63) is 30.3 Å². The Labute approximate surface area is 109 Å². The molecule has 0 bridgehead atoms. The number of nitrogens with one attached hydrogen (secondary N) is 1. The van der Waals surface area contributed by atoms with Gasteiger partial charge in [0.1, 0.15) is 12.4 Å². The number of ether oxygens (including phenoxy) is 1. The van der Waals surface area contributed by atoms with Gasteiger partial charge in [-0.1, -0.05) is 25.1 Å². The van der Waals surface area contributed by atoms with E-state index in [1.54, 1.807) is 0 Å². The minimum atomic E-state index is 0.0686. The van der Waals surface area contributed by atoms with Crippen LogP contribution in [-0.2, 0) is 4.79 Å². The molecular weight excluding hydrogens is 228 g/mol. The van der Waals surface area contributed by atoms with Gasteiger partial charge in [-0.15, -0.1) is 0 Å². The molecule has 18 heavy (non-hydrogen) atoms. The zero-order chi connectivity index (χ0) is 13.2. The second-order valence-electron chi connectivity index (χ2n) is 3.98. The van der Waals surface area contributed by atoms with Crippen molar-refractivity contribution in [2.45, 2.75) is 13.8 Å². The Morgan fingerprint density at radius 2 is 2.00 bits per heavy atom. The fourth-order valence-electron chi connectivity index (χ4n) is 1.61. The molecule has 0 radical (unpaired) electrons. The lowest BCUT2D eigenvalue weighted by Gasteiger charge is -2.19. The van der Waals surface area contributed by atoms with Gasteiger partial charge in [-0.05, 0) is 25.6 Å². The monoisotopic (exact) mass is 250 g/mol. The maximum absolute atomic E-state index is 11.5. The smallest absolute Gasteiger partial charge is 0.234 e. The van der Waals surface area contributed by atoms with Crippen LogP contribution in [0.1, 0.15) is 13.8 Å². The number of amides is 1. The highest BCUT2D eigenvalue weighted by Crippen LogP contribution is 2.07. The lowest BCUT2D eigenvalue weighted by atomic mass is 10.3. The fraction of sp³-hybridized carbons (Fsp3) is 0.500. The van der Waals surface area contributed by atoms with Gasteiger partial charge in [-0.25, -0.2) is 0 Å². The van der Waals surface area contributed by atoms with Crippen LogP contribution in [0.2, 0.25) is 0 Å². The standard InChI is InChI=1S/C14H22N2O2/c1-3-15-14(17)12-16(4-2)10-11-18-13-8-6-5-7-9-13/h5-9H,3-4,10-12H2,1-2H3,(H,15,17). The SMILES string of the molecule is CCNC(=O)CN(CC)CCOc1ccccc1. The number of hydrogen-bond donors (Lipinski definition) is 1. The van der Waals surface area contributed by atoms with Gasteiger partial charge in [0, 0.05) is 13.1 Å². The summed E-state index contributed by atoms with van der Waals surface area (Å²) >= 11 is 0. The first kappa shape index (κ1) is 14.5. The van der Waals surface area contributed by atoms with E-state index < -0.39 is 0 Å². The van der Waals surface area contributed by atoms with Crippen molar-refractivity contribution >= 4 is 5.91 Å². The molecule has 1 rings (SSSR count). The van der Waals surface area contributed by atoms with Gasteiger partial charge in [0.25, 0.3) is 0 Å². The maximum atomic E-state index is 11.5. The van der Waals surface area contributed by atoms with Crippen molar-refractivity contribution in [3.63, 3.8) is 0 Å². The van der Waals surface area contributed by atoms with Crippen molar-refractivity contribution < 1.29 is 9.53 Å². The molecule has 1 aromatic carbocycles. The lowest BCUT2D eigenvalue weighted by Crippen LogP contribution is -2.38. The minimum absolute atomic E-state index is 0.0686. The normalized spacial score (nSPS) is 10.4. The summed E-state index contributed by atoms with van der Waals surface area (Å²) in [5, 5.41) is 2.80. The maximum Gasteiger partial charge on any atom is 0.234 e. The Morgan fingerprint density at radius 3 is 2.61 bits per heavy atom. The van der Waals surface area contributed by atoms with Crippen molar-refractivity contribution in [3.8, 4) is 5.75 Å². The number of rotatable bonds is 8. The summed E-state index contributed by atoms with van der Waals surface area (Å²) in [4.78, 5) is 13.5. The molecule has 100 valence electrons.